The quantitative estimate of drug-likeness (QED) is 0.441. The zero-order chi connectivity index (χ0) is 25.0. The first kappa shape index (κ1) is 25.4. The second-order valence-electron chi connectivity index (χ2n) is 7.76. The maximum absolute atomic E-state index is 13.3. The van der Waals surface area contributed by atoms with E-state index in [1.165, 1.54) is 17.0 Å². The van der Waals surface area contributed by atoms with Crippen molar-refractivity contribution in [3.8, 4) is 5.75 Å². The molecule has 0 fully saturated rings. The Labute approximate surface area is 203 Å². The summed E-state index contributed by atoms with van der Waals surface area (Å²) in [7, 11) is 1.58. The van der Waals surface area contributed by atoms with Crippen LogP contribution in [0.3, 0.4) is 0 Å². The van der Waals surface area contributed by atoms with E-state index in [4.69, 9.17) is 4.74 Å². The molecule has 0 radical (unpaired) electrons. The molecule has 0 spiro atoms. The summed E-state index contributed by atoms with van der Waals surface area (Å²) in [4.78, 5) is 43.1. The monoisotopic (exact) mass is 478 g/mol. The smallest absolute Gasteiger partial charge is 0.239 e. The number of pyridine rings is 1. The highest BCUT2D eigenvalue weighted by molar-refractivity contribution is 5.93. The minimum atomic E-state index is -0.393. The van der Waals surface area contributed by atoms with E-state index in [1.807, 2.05) is 12.1 Å². The van der Waals surface area contributed by atoms with E-state index in [1.54, 1.807) is 55.8 Å². The van der Waals surface area contributed by atoms with Crippen LogP contribution in [0.2, 0.25) is 0 Å². The van der Waals surface area contributed by atoms with Gasteiger partial charge in [-0.2, -0.15) is 0 Å². The Morgan fingerprint density at radius 3 is 2.29 bits per heavy atom. The van der Waals surface area contributed by atoms with Gasteiger partial charge in [0.2, 0.25) is 17.7 Å². The fourth-order valence-electron chi connectivity index (χ4n) is 3.24. The van der Waals surface area contributed by atoms with E-state index < -0.39 is 5.82 Å². The maximum atomic E-state index is 13.3. The van der Waals surface area contributed by atoms with E-state index in [0.29, 0.717) is 17.1 Å². The second-order valence-corrected chi connectivity index (χ2v) is 7.76. The minimum Gasteiger partial charge on any atom is -0.497 e. The van der Waals surface area contributed by atoms with E-state index in [2.05, 4.69) is 15.6 Å². The summed E-state index contributed by atoms with van der Waals surface area (Å²) in [6.45, 7) is 0.193. The highest BCUT2D eigenvalue weighted by Gasteiger charge is 2.19. The number of benzene rings is 2. The van der Waals surface area contributed by atoms with Gasteiger partial charge in [0.25, 0.3) is 0 Å². The second kappa shape index (κ2) is 12.8. The van der Waals surface area contributed by atoms with Crippen LogP contribution in [0, 0.1) is 5.82 Å². The molecular weight excluding hydrogens is 451 g/mol. The molecule has 3 amide bonds. The molecule has 0 saturated carbocycles. The van der Waals surface area contributed by atoms with Crippen molar-refractivity contribution in [2.24, 2.45) is 0 Å². The number of carbonyl (C=O) groups excluding carboxylic acids is 3. The predicted molar refractivity (Wildman–Crippen MR) is 129 cm³/mol. The number of methoxy groups -OCH3 is 1. The van der Waals surface area contributed by atoms with Gasteiger partial charge in [-0.25, -0.2) is 9.37 Å². The Morgan fingerprint density at radius 1 is 0.914 bits per heavy atom. The highest BCUT2D eigenvalue weighted by Crippen LogP contribution is 2.12. The molecule has 35 heavy (non-hydrogen) atoms. The first-order valence-corrected chi connectivity index (χ1v) is 11.1. The number of rotatable bonds is 11. The fourth-order valence-corrected chi connectivity index (χ4v) is 3.24. The molecule has 2 aromatic carbocycles. The van der Waals surface area contributed by atoms with Crippen molar-refractivity contribution >= 4 is 23.5 Å². The average molecular weight is 479 g/mol. The summed E-state index contributed by atoms with van der Waals surface area (Å²) in [5, 5.41) is 5.42. The van der Waals surface area contributed by atoms with E-state index >= 15 is 0 Å². The van der Waals surface area contributed by atoms with Crippen LogP contribution in [-0.2, 0) is 27.5 Å². The van der Waals surface area contributed by atoms with Gasteiger partial charge in [-0.3, -0.25) is 14.4 Å². The molecule has 1 heterocycles. The van der Waals surface area contributed by atoms with Crippen molar-refractivity contribution < 1.29 is 23.5 Å². The van der Waals surface area contributed by atoms with Crippen molar-refractivity contribution in [1.29, 1.82) is 0 Å². The number of aromatic nitrogens is 1. The topological polar surface area (TPSA) is 101 Å². The third kappa shape index (κ3) is 8.54. The van der Waals surface area contributed by atoms with Crippen molar-refractivity contribution in [1.82, 2.24) is 15.2 Å². The number of hydrogen-bond acceptors (Lipinski definition) is 5. The largest absolute Gasteiger partial charge is 0.497 e. The molecule has 0 saturated heterocycles. The Hall–Kier alpha value is -4.27. The lowest BCUT2D eigenvalue weighted by Crippen LogP contribution is -2.40. The zero-order valence-corrected chi connectivity index (χ0v) is 19.4. The lowest BCUT2D eigenvalue weighted by molar-refractivity contribution is -0.137. The van der Waals surface area contributed by atoms with Gasteiger partial charge in [-0.15, -0.1) is 0 Å². The van der Waals surface area contributed by atoms with Crippen LogP contribution >= 0.6 is 0 Å². The zero-order valence-electron chi connectivity index (χ0n) is 19.4. The average Bonchev–Trinajstić information content (AvgIpc) is 2.88. The summed E-state index contributed by atoms with van der Waals surface area (Å²) in [6.07, 6.45) is 1.39. The van der Waals surface area contributed by atoms with Crippen LogP contribution < -0.4 is 15.4 Å². The molecule has 0 bridgehead atoms. The van der Waals surface area contributed by atoms with Crippen LogP contribution in [0.25, 0.3) is 0 Å². The number of nitrogens with zero attached hydrogens (tertiary/aromatic N) is 2. The summed E-state index contributed by atoms with van der Waals surface area (Å²) in [6, 6.07) is 18.1. The molecule has 0 aliphatic rings. The van der Waals surface area contributed by atoms with Crippen molar-refractivity contribution in [2.75, 3.05) is 19.0 Å². The molecule has 8 nitrogen and oxygen atoms in total. The molecule has 2 N–H and O–H groups in total. The van der Waals surface area contributed by atoms with Gasteiger partial charge in [0.1, 0.15) is 17.4 Å². The van der Waals surface area contributed by atoms with Crippen molar-refractivity contribution in [2.45, 2.75) is 25.9 Å². The van der Waals surface area contributed by atoms with Crippen molar-refractivity contribution in [3.63, 3.8) is 0 Å². The van der Waals surface area contributed by atoms with Gasteiger partial charge in [0, 0.05) is 32.1 Å². The molecular formula is C26H27FN4O4. The number of ether oxygens (including phenoxy) is 1. The molecule has 0 aliphatic carbocycles. The third-order valence-electron chi connectivity index (χ3n) is 5.12. The maximum Gasteiger partial charge on any atom is 0.239 e. The fraction of sp³-hybridized carbons (Fsp3) is 0.231. The number of anilines is 1. The number of amides is 3. The lowest BCUT2D eigenvalue weighted by Gasteiger charge is -2.22. The number of hydrogen-bond donors (Lipinski definition) is 2. The van der Waals surface area contributed by atoms with Gasteiger partial charge >= 0.3 is 0 Å². The van der Waals surface area contributed by atoms with E-state index in [0.717, 1.165) is 5.56 Å². The van der Waals surface area contributed by atoms with Gasteiger partial charge in [-0.05, 0) is 47.5 Å². The Bertz CT molecular complexity index is 1120. The summed E-state index contributed by atoms with van der Waals surface area (Å²) >= 11 is 0. The Morgan fingerprint density at radius 2 is 1.63 bits per heavy atom. The number of carbonyl (C=O) groups is 3. The first-order valence-electron chi connectivity index (χ1n) is 11.1. The Balaban J connectivity index is 1.58. The molecule has 1 aromatic heterocycles. The van der Waals surface area contributed by atoms with Gasteiger partial charge in [0.15, 0.2) is 0 Å². The molecule has 182 valence electrons. The molecule has 0 atom stereocenters. The summed E-state index contributed by atoms with van der Waals surface area (Å²) < 4.78 is 18.4. The molecule has 3 aromatic rings. The van der Waals surface area contributed by atoms with Crippen molar-refractivity contribution in [3.05, 3.63) is 89.9 Å². The van der Waals surface area contributed by atoms with Crippen LogP contribution in [0.4, 0.5) is 10.2 Å². The van der Waals surface area contributed by atoms with Gasteiger partial charge in [-0.1, -0.05) is 30.3 Å². The van der Waals surface area contributed by atoms with Crippen LogP contribution in [-0.4, -0.2) is 41.3 Å². The Kier molecular flexibility index (Phi) is 9.30. The number of nitrogens with one attached hydrogen (secondary N) is 2. The standard InChI is InChI=1S/C26H27FN4O4/c1-35-22-11-7-19(8-12-22)16-29-25(33)18-31(17-20-5-9-21(27)10-6-20)26(34)14-13-24(32)30-23-4-2-3-15-28-23/h2-12,15H,13-14,16-18H2,1H3,(H,29,33)(H,28,30,32). The van der Waals surface area contributed by atoms with Crippen LogP contribution in [0.5, 0.6) is 5.75 Å². The third-order valence-corrected chi connectivity index (χ3v) is 5.12. The highest BCUT2D eigenvalue weighted by atomic mass is 19.1. The molecule has 0 unspecified atom stereocenters. The molecule has 0 aliphatic heterocycles. The summed E-state index contributed by atoms with van der Waals surface area (Å²) in [5.41, 5.74) is 1.54. The van der Waals surface area contributed by atoms with E-state index in [-0.39, 0.29) is 50.2 Å². The SMILES string of the molecule is COc1ccc(CNC(=O)CN(Cc2ccc(F)cc2)C(=O)CCC(=O)Nc2ccccn2)cc1. The number of halogens is 1. The van der Waals surface area contributed by atoms with Gasteiger partial charge < -0.3 is 20.3 Å². The van der Waals surface area contributed by atoms with Crippen LogP contribution in [0.1, 0.15) is 24.0 Å². The summed E-state index contributed by atoms with van der Waals surface area (Å²) in [5.74, 6) is -0.369. The predicted octanol–water partition coefficient (Wildman–Crippen LogP) is 3.29. The lowest BCUT2D eigenvalue weighted by atomic mass is 10.2. The minimum absolute atomic E-state index is 0.0667. The molecule has 3 rings (SSSR count). The van der Waals surface area contributed by atoms with Gasteiger partial charge in [0.05, 0.1) is 13.7 Å². The normalized spacial score (nSPS) is 10.3. The molecule has 9 heteroatoms. The van der Waals surface area contributed by atoms with E-state index in [9.17, 15) is 18.8 Å². The first-order chi connectivity index (χ1) is 16.9. The van der Waals surface area contributed by atoms with Crippen LogP contribution in [0.15, 0.2) is 72.9 Å².